The Morgan fingerprint density at radius 1 is 0.882 bits per heavy atom. The summed E-state index contributed by atoms with van der Waals surface area (Å²) in [7, 11) is 0. The molecule has 0 amide bonds. The van der Waals surface area contributed by atoms with Crippen molar-refractivity contribution in [2.24, 2.45) is 0 Å². The molecule has 2 atom stereocenters. The van der Waals surface area contributed by atoms with Crippen molar-refractivity contribution in [1.29, 1.82) is 0 Å². The van der Waals surface area contributed by atoms with Crippen LogP contribution < -0.4 is 10.6 Å². The largest absolute Gasteiger partial charge is 0.372 e. The van der Waals surface area contributed by atoms with Crippen LogP contribution in [0.2, 0.25) is 0 Å². The molecule has 0 aromatic heterocycles. The van der Waals surface area contributed by atoms with E-state index in [1.54, 1.807) is 0 Å². The third-order valence-corrected chi connectivity index (χ3v) is 6.83. The number of anilines is 2. The van der Waals surface area contributed by atoms with Gasteiger partial charge in [-0.1, -0.05) is 57.2 Å². The Morgan fingerprint density at radius 3 is 2.29 bits per heavy atom. The maximum absolute atomic E-state index is 14.9. The van der Waals surface area contributed by atoms with E-state index in [9.17, 15) is 13.6 Å². The lowest BCUT2D eigenvalue weighted by atomic mass is 9.77. The third kappa shape index (κ3) is 4.11. The van der Waals surface area contributed by atoms with Gasteiger partial charge in [-0.15, -0.1) is 0 Å². The normalized spacial score (nSPS) is 20.1. The predicted molar refractivity (Wildman–Crippen MR) is 132 cm³/mol. The number of halogens is 2. The Balaban J connectivity index is 1.58. The van der Waals surface area contributed by atoms with Crippen LogP contribution in [0.5, 0.6) is 0 Å². The van der Waals surface area contributed by atoms with Crippen LogP contribution in [0.25, 0.3) is 0 Å². The second-order valence-corrected chi connectivity index (χ2v) is 10.2. The van der Waals surface area contributed by atoms with Gasteiger partial charge in [0.15, 0.2) is 5.78 Å². The highest BCUT2D eigenvalue weighted by Crippen LogP contribution is 2.44. The topological polar surface area (TPSA) is 41.1 Å². The van der Waals surface area contributed by atoms with Crippen LogP contribution >= 0.6 is 0 Å². The molecule has 2 aliphatic rings. The number of rotatable bonds is 2. The van der Waals surface area contributed by atoms with E-state index in [2.05, 4.69) is 55.7 Å². The fourth-order valence-corrected chi connectivity index (χ4v) is 4.95. The molecule has 0 spiro atoms. The molecule has 0 bridgehead atoms. The van der Waals surface area contributed by atoms with E-state index >= 15 is 0 Å². The SMILES string of the molecule is CC(C)(C)c1ccc(C2CC(=O)C3=C(C2)Nc2ccccc2NC3c2cc(F)ccc2F)cc1. The summed E-state index contributed by atoms with van der Waals surface area (Å²) in [4.78, 5) is 13.6. The number of hydrogen-bond donors (Lipinski definition) is 2. The predicted octanol–water partition coefficient (Wildman–Crippen LogP) is 7.24. The first-order valence-electron chi connectivity index (χ1n) is 11.6. The van der Waals surface area contributed by atoms with Crippen LogP contribution in [-0.4, -0.2) is 5.78 Å². The smallest absolute Gasteiger partial charge is 0.163 e. The number of allylic oxidation sites excluding steroid dienone is 1. The molecule has 5 rings (SSSR count). The highest BCUT2D eigenvalue weighted by atomic mass is 19.1. The second-order valence-electron chi connectivity index (χ2n) is 10.2. The molecular weight excluding hydrogens is 430 g/mol. The molecule has 5 heteroatoms. The Bertz CT molecular complexity index is 1290. The molecule has 3 aromatic rings. The van der Waals surface area contributed by atoms with E-state index < -0.39 is 17.7 Å². The van der Waals surface area contributed by atoms with Gasteiger partial charge in [-0.2, -0.15) is 0 Å². The van der Waals surface area contributed by atoms with E-state index in [0.717, 1.165) is 34.8 Å². The van der Waals surface area contributed by atoms with Gasteiger partial charge in [0.1, 0.15) is 11.6 Å². The minimum absolute atomic E-state index is 0.0102. The quantitative estimate of drug-likeness (QED) is 0.425. The lowest BCUT2D eigenvalue weighted by Gasteiger charge is -2.30. The summed E-state index contributed by atoms with van der Waals surface area (Å²) >= 11 is 0. The minimum Gasteiger partial charge on any atom is -0.372 e. The molecule has 0 radical (unpaired) electrons. The van der Waals surface area contributed by atoms with Gasteiger partial charge >= 0.3 is 0 Å². The van der Waals surface area contributed by atoms with Gasteiger partial charge in [0.2, 0.25) is 0 Å². The third-order valence-electron chi connectivity index (χ3n) is 6.83. The van der Waals surface area contributed by atoms with Crippen LogP contribution in [0.15, 0.2) is 78.0 Å². The van der Waals surface area contributed by atoms with Crippen molar-refractivity contribution in [3.63, 3.8) is 0 Å². The number of para-hydroxylation sites is 2. The molecular formula is C29H28F2N2O. The summed E-state index contributed by atoms with van der Waals surface area (Å²) in [6.07, 6.45) is 0.931. The second kappa shape index (κ2) is 8.39. The van der Waals surface area contributed by atoms with Gasteiger partial charge in [0.05, 0.1) is 17.4 Å². The molecule has 3 aromatic carbocycles. The Kier molecular flexibility index (Phi) is 5.51. The number of nitrogens with one attached hydrogen (secondary N) is 2. The highest BCUT2D eigenvalue weighted by Gasteiger charge is 2.37. The monoisotopic (exact) mass is 458 g/mol. The molecule has 174 valence electrons. The minimum atomic E-state index is -0.779. The number of hydrogen-bond acceptors (Lipinski definition) is 3. The molecule has 3 nitrogen and oxygen atoms in total. The molecule has 1 aliphatic heterocycles. The zero-order chi connectivity index (χ0) is 24.0. The maximum atomic E-state index is 14.9. The number of benzene rings is 3. The molecule has 2 unspecified atom stereocenters. The van der Waals surface area contributed by atoms with Crippen LogP contribution in [-0.2, 0) is 10.2 Å². The zero-order valence-corrected chi connectivity index (χ0v) is 19.6. The van der Waals surface area contributed by atoms with Crippen molar-refractivity contribution in [2.45, 2.75) is 51.0 Å². The standard InChI is InChI=1S/C29H28F2N2O/c1-29(2,3)19-10-8-17(9-11-19)18-14-25-27(26(34)15-18)28(21-16-20(30)12-13-22(21)31)33-24-7-5-4-6-23(24)32-25/h4-13,16,18,28,32-33H,14-15H2,1-3H3. The summed E-state index contributed by atoms with van der Waals surface area (Å²) in [6.45, 7) is 6.53. The lowest BCUT2D eigenvalue weighted by molar-refractivity contribution is -0.116. The van der Waals surface area contributed by atoms with Crippen molar-refractivity contribution >= 4 is 17.2 Å². The maximum Gasteiger partial charge on any atom is 0.163 e. The summed E-state index contributed by atoms with van der Waals surface area (Å²) in [5, 5.41) is 6.75. The molecule has 1 heterocycles. The fraction of sp³-hybridized carbons (Fsp3) is 0.276. The summed E-state index contributed by atoms with van der Waals surface area (Å²) < 4.78 is 29.0. The first-order chi connectivity index (χ1) is 16.2. The van der Waals surface area contributed by atoms with E-state index in [1.807, 2.05) is 24.3 Å². The number of fused-ring (bicyclic) bond motifs is 1. The van der Waals surface area contributed by atoms with Crippen molar-refractivity contribution in [2.75, 3.05) is 10.6 Å². The Morgan fingerprint density at radius 2 is 1.59 bits per heavy atom. The summed E-state index contributed by atoms with van der Waals surface area (Å²) in [5.41, 5.74) is 5.31. The highest BCUT2D eigenvalue weighted by molar-refractivity contribution is 6.01. The lowest BCUT2D eigenvalue weighted by Crippen LogP contribution is -2.27. The van der Waals surface area contributed by atoms with Crippen LogP contribution in [0.4, 0.5) is 20.2 Å². The van der Waals surface area contributed by atoms with Crippen molar-refractivity contribution in [3.8, 4) is 0 Å². The number of Topliss-reactive ketones (excluding diaryl/α,β-unsaturated/α-hetero) is 1. The van der Waals surface area contributed by atoms with Gasteiger partial charge < -0.3 is 10.6 Å². The molecule has 34 heavy (non-hydrogen) atoms. The molecule has 0 fully saturated rings. The van der Waals surface area contributed by atoms with Gasteiger partial charge in [0.25, 0.3) is 0 Å². The molecule has 1 aliphatic carbocycles. The number of ketones is 1. The Labute approximate surface area is 198 Å². The van der Waals surface area contributed by atoms with Crippen LogP contribution in [0.1, 0.15) is 62.3 Å². The van der Waals surface area contributed by atoms with Crippen molar-refractivity contribution < 1.29 is 13.6 Å². The van der Waals surface area contributed by atoms with E-state index in [-0.39, 0.29) is 22.7 Å². The Hall–Kier alpha value is -3.47. The average molecular weight is 459 g/mol. The van der Waals surface area contributed by atoms with Crippen LogP contribution in [0, 0.1) is 11.6 Å². The molecule has 0 saturated carbocycles. The van der Waals surface area contributed by atoms with Crippen molar-refractivity contribution in [3.05, 3.63) is 106 Å². The van der Waals surface area contributed by atoms with Crippen molar-refractivity contribution in [1.82, 2.24) is 0 Å². The first kappa shape index (κ1) is 22.3. The van der Waals surface area contributed by atoms with E-state index in [4.69, 9.17) is 0 Å². The molecule has 2 N–H and O–H groups in total. The van der Waals surface area contributed by atoms with E-state index in [0.29, 0.717) is 18.4 Å². The van der Waals surface area contributed by atoms with E-state index in [1.165, 1.54) is 11.6 Å². The number of carbonyl (C=O) groups is 1. The summed E-state index contributed by atoms with van der Waals surface area (Å²) in [5.74, 6) is -1.13. The van der Waals surface area contributed by atoms with Gasteiger partial charge in [-0.3, -0.25) is 4.79 Å². The average Bonchev–Trinajstić information content (AvgIpc) is 2.97. The van der Waals surface area contributed by atoms with Crippen LogP contribution in [0.3, 0.4) is 0 Å². The summed E-state index contributed by atoms with van der Waals surface area (Å²) in [6, 6.07) is 18.7. The van der Waals surface area contributed by atoms with Gasteiger partial charge in [-0.05, 0) is 59.2 Å². The zero-order valence-electron chi connectivity index (χ0n) is 19.6. The first-order valence-corrected chi connectivity index (χ1v) is 11.6. The fourth-order valence-electron chi connectivity index (χ4n) is 4.95. The molecule has 0 saturated heterocycles. The number of carbonyl (C=O) groups excluding carboxylic acids is 1. The van der Waals surface area contributed by atoms with Gasteiger partial charge in [-0.25, -0.2) is 8.78 Å². The van der Waals surface area contributed by atoms with Gasteiger partial charge in [0, 0.05) is 23.3 Å².